The van der Waals surface area contributed by atoms with Gasteiger partial charge in [0.1, 0.15) is 11.6 Å². The van der Waals surface area contributed by atoms with E-state index in [4.69, 9.17) is 0 Å². The first kappa shape index (κ1) is 17.2. The zero-order valence-corrected chi connectivity index (χ0v) is 15.5. The summed E-state index contributed by atoms with van der Waals surface area (Å²) in [6.07, 6.45) is 3.85. The van der Waals surface area contributed by atoms with E-state index in [0.29, 0.717) is 27.9 Å². The quantitative estimate of drug-likeness (QED) is 0.518. The van der Waals surface area contributed by atoms with Crippen molar-refractivity contribution in [2.75, 3.05) is 0 Å². The summed E-state index contributed by atoms with van der Waals surface area (Å²) >= 11 is 1.42. The SMILES string of the molecule is Cc1cccc2c(=O)[nH]c(CSc3n[nH]c(/C=C/c4ccccc4)n3)nc12. The molecule has 0 aliphatic rings. The average Bonchev–Trinajstić information content (AvgIpc) is 3.14. The van der Waals surface area contributed by atoms with Gasteiger partial charge in [-0.15, -0.1) is 5.10 Å². The summed E-state index contributed by atoms with van der Waals surface area (Å²) in [6, 6.07) is 15.6. The van der Waals surface area contributed by atoms with E-state index >= 15 is 0 Å². The summed E-state index contributed by atoms with van der Waals surface area (Å²) in [4.78, 5) is 24.1. The first-order valence-electron chi connectivity index (χ1n) is 8.46. The fraction of sp³-hybridized carbons (Fsp3) is 0.100. The van der Waals surface area contributed by atoms with E-state index in [1.165, 1.54) is 11.8 Å². The normalized spacial score (nSPS) is 11.4. The van der Waals surface area contributed by atoms with E-state index in [2.05, 4.69) is 25.1 Å². The lowest BCUT2D eigenvalue weighted by atomic mass is 10.1. The molecule has 0 aliphatic heterocycles. The molecule has 27 heavy (non-hydrogen) atoms. The average molecular weight is 375 g/mol. The number of aromatic amines is 2. The number of aryl methyl sites for hydroxylation is 1. The largest absolute Gasteiger partial charge is 0.309 e. The number of aromatic nitrogens is 5. The van der Waals surface area contributed by atoms with Crippen molar-refractivity contribution in [1.82, 2.24) is 25.1 Å². The minimum atomic E-state index is -0.124. The van der Waals surface area contributed by atoms with Gasteiger partial charge >= 0.3 is 0 Å². The maximum absolute atomic E-state index is 12.2. The van der Waals surface area contributed by atoms with E-state index in [9.17, 15) is 4.79 Å². The number of hydrogen-bond donors (Lipinski definition) is 2. The molecular formula is C20H17N5OS. The molecule has 0 aliphatic carbocycles. The first-order chi connectivity index (χ1) is 13.2. The van der Waals surface area contributed by atoms with Crippen LogP contribution in [0.5, 0.6) is 0 Å². The van der Waals surface area contributed by atoms with Crippen LogP contribution in [0.15, 0.2) is 58.5 Å². The van der Waals surface area contributed by atoms with Gasteiger partial charge in [-0.05, 0) is 30.2 Å². The second-order valence-electron chi connectivity index (χ2n) is 6.02. The lowest BCUT2D eigenvalue weighted by Gasteiger charge is -2.03. The van der Waals surface area contributed by atoms with E-state index in [1.807, 2.05) is 61.5 Å². The van der Waals surface area contributed by atoms with E-state index in [0.717, 1.165) is 16.6 Å². The van der Waals surface area contributed by atoms with Gasteiger partial charge in [0.05, 0.1) is 16.7 Å². The third-order valence-electron chi connectivity index (χ3n) is 4.04. The number of rotatable bonds is 5. The highest BCUT2D eigenvalue weighted by atomic mass is 32.2. The predicted octanol–water partition coefficient (Wildman–Crippen LogP) is 3.81. The minimum absolute atomic E-state index is 0.124. The zero-order chi connectivity index (χ0) is 18.6. The van der Waals surface area contributed by atoms with Gasteiger partial charge in [0.15, 0.2) is 0 Å². The molecule has 0 saturated carbocycles. The van der Waals surface area contributed by atoms with E-state index in [1.54, 1.807) is 6.07 Å². The highest BCUT2D eigenvalue weighted by Crippen LogP contribution is 2.19. The van der Waals surface area contributed by atoms with Crippen molar-refractivity contribution >= 4 is 34.8 Å². The van der Waals surface area contributed by atoms with Crippen LogP contribution in [-0.2, 0) is 5.75 Å². The van der Waals surface area contributed by atoms with Crippen molar-refractivity contribution < 1.29 is 0 Å². The van der Waals surface area contributed by atoms with Gasteiger partial charge in [0, 0.05) is 0 Å². The molecule has 2 N–H and O–H groups in total. The molecule has 0 fully saturated rings. The Bertz CT molecular complexity index is 1160. The Hall–Kier alpha value is -3.19. The summed E-state index contributed by atoms with van der Waals surface area (Å²) in [5.74, 6) is 1.77. The third kappa shape index (κ3) is 3.98. The number of para-hydroxylation sites is 1. The molecule has 2 heterocycles. The van der Waals surface area contributed by atoms with Crippen LogP contribution in [0.3, 0.4) is 0 Å². The highest BCUT2D eigenvalue weighted by molar-refractivity contribution is 7.98. The molecule has 0 atom stereocenters. The van der Waals surface area contributed by atoms with Gasteiger partial charge in [-0.2, -0.15) is 0 Å². The zero-order valence-electron chi connectivity index (χ0n) is 14.6. The Labute approximate surface area is 159 Å². The molecule has 0 radical (unpaired) electrons. The van der Waals surface area contributed by atoms with Gasteiger partial charge in [-0.3, -0.25) is 9.89 Å². The molecule has 0 bridgehead atoms. The number of fused-ring (bicyclic) bond motifs is 1. The van der Waals surface area contributed by atoms with Crippen molar-refractivity contribution in [3.8, 4) is 0 Å². The molecule has 0 amide bonds. The van der Waals surface area contributed by atoms with Crippen molar-refractivity contribution in [2.24, 2.45) is 0 Å². The molecule has 4 aromatic rings. The molecule has 0 saturated heterocycles. The molecular weight excluding hydrogens is 358 g/mol. The van der Waals surface area contributed by atoms with Crippen LogP contribution in [0.1, 0.15) is 22.8 Å². The molecule has 134 valence electrons. The van der Waals surface area contributed by atoms with Gasteiger partial charge < -0.3 is 4.98 Å². The smallest absolute Gasteiger partial charge is 0.258 e. The third-order valence-corrected chi connectivity index (χ3v) is 4.90. The van der Waals surface area contributed by atoms with Crippen LogP contribution in [0, 0.1) is 6.92 Å². The summed E-state index contributed by atoms with van der Waals surface area (Å²) < 4.78 is 0. The number of hydrogen-bond acceptors (Lipinski definition) is 5. The minimum Gasteiger partial charge on any atom is -0.309 e. The molecule has 6 nitrogen and oxygen atoms in total. The van der Waals surface area contributed by atoms with Crippen molar-refractivity contribution in [3.63, 3.8) is 0 Å². The highest BCUT2D eigenvalue weighted by Gasteiger charge is 2.08. The lowest BCUT2D eigenvalue weighted by Crippen LogP contribution is -2.11. The van der Waals surface area contributed by atoms with Gasteiger partial charge in [0.25, 0.3) is 5.56 Å². The Balaban J connectivity index is 1.47. The topological polar surface area (TPSA) is 87.3 Å². The van der Waals surface area contributed by atoms with Crippen molar-refractivity contribution in [1.29, 1.82) is 0 Å². The fourth-order valence-corrected chi connectivity index (χ4v) is 3.37. The predicted molar refractivity (Wildman–Crippen MR) is 108 cm³/mol. The fourth-order valence-electron chi connectivity index (χ4n) is 2.69. The molecule has 4 rings (SSSR count). The number of thioether (sulfide) groups is 1. The van der Waals surface area contributed by atoms with Crippen LogP contribution in [-0.4, -0.2) is 25.1 Å². The summed E-state index contributed by atoms with van der Waals surface area (Å²) in [5, 5.41) is 8.32. The Morgan fingerprint density at radius 2 is 1.89 bits per heavy atom. The van der Waals surface area contributed by atoms with Crippen LogP contribution < -0.4 is 5.56 Å². The maximum atomic E-state index is 12.2. The van der Waals surface area contributed by atoms with Gasteiger partial charge in [-0.25, -0.2) is 9.97 Å². The van der Waals surface area contributed by atoms with E-state index < -0.39 is 0 Å². The number of nitrogens with zero attached hydrogens (tertiary/aromatic N) is 3. The lowest BCUT2D eigenvalue weighted by molar-refractivity contribution is 0.965. The van der Waals surface area contributed by atoms with Crippen LogP contribution in [0.2, 0.25) is 0 Å². The monoisotopic (exact) mass is 375 g/mol. The van der Waals surface area contributed by atoms with Crippen molar-refractivity contribution in [3.05, 3.63) is 81.7 Å². The van der Waals surface area contributed by atoms with E-state index in [-0.39, 0.29) is 5.56 Å². The van der Waals surface area contributed by atoms with Gasteiger partial charge in [-0.1, -0.05) is 60.3 Å². The summed E-state index contributed by atoms with van der Waals surface area (Å²) in [6.45, 7) is 1.95. The Morgan fingerprint density at radius 3 is 2.74 bits per heavy atom. The maximum Gasteiger partial charge on any atom is 0.258 e. The molecule has 7 heteroatoms. The first-order valence-corrected chi connectivity index (χ1v) is 9.44. The molecule has 0 unspecified atom stereocenters. The molecule has 2 aromatic carbocycles. The summed E-state index contributed by atoms with van der Waals surface area (Å²) in [7, 11) is 0. The second-order valence-corrected chi connectivity index (χ2v) is 6.96. The molecule has 2 aromatic heterocycles. The second kappa shape index (κ2) is 7.59. The Morgan fingerprint density at radius 1 is 1.04 bits per heavy atom. The number of benzene rings is 2. The number of H-pyrrole nitrogens is 2. The summed E-state index contributed by atoms with van der Waals surface area (Å²) in [5.41, 5.74) is 2.69. The number of nitrogens with one attached hydrogen (secondary N) is 2. The van der Waals surface area contributed by atoms with Crippen LogP contribution in [0.4, 0.5) is 0 Å². The molecule has 0 spiro atoms. The van der Waals surface area contributed by atoms with Crippen LogP contribution >= 0.6 is 11.8 Å². The van der Waals surface area contributed by atoms with Gasteiger partial charge in [0.2, 0.25) is 5.16 Å². The Kier molecular flexibility index (Phi) is 4.84. The standard InChI is InChI=1S/C20H17N5OS/c1-13-6-5-9-15-18(13)21-17(22-19(15)26)12-27-20-23-16(24-25-20)11-10-14-7-3-2-4-8-14/h2-11H,12H2,1H3,(H,21,22,26)(H,23,24,25)/b11-10+. The van der Waals surface area contributed by atoms with Crippen LogP contribution in [0.25, 0.3) is 23.1 Å². The van der Waals surface area contributed by atoms with Crippen molar-refractivity contribution in [2.45, 2.75) is 17.8 Å².